The van der Waals surface area contributed by atoms with Gasteiger partial charge in [0.05, 0.1) is 16.3 Å². The number of benzene rings is 2. The first kappa shape index (κ1) is 14.8. The summed E-state index contributed by atoms with van der Waals surface area (Å²) in [7, 11) is 0. The molecule has 106 valence electrons. The van der Waals surface area contributed by atoms with Crippen LogP contribution in [0.15, 0.2) is 42.5 Å². The molecular formula is C15H11ClFN3O. The normalized spacial score (nSPS) is 9.76. The van der Waals surface area contributed by atoms with Crippen molar-refractivity contribution in [2.45, 2.75) is 6.54 Å². The van der Waals surface area contributed by atoms with E-state index in [1.807, 2.05) is 6.07 Å². The van der Waals surface area contributed by atoms with Gasteiger partial charge in [0.2, 0.25) is 0 Å². The molecule has 0 aromatic heterocycles. The van der Waals surface area contributed by atoms with Crippen molar-refractivity contribution in [2.24, 2.45) is 0 Å². The number of hydrogen-bond donors (Lipinski definition) is 2. The highest BCUT2D eigenvalue weighted by atomic mass is 35.5. The minimum Gasteiger partial charge on any atom is -0.334 e. The molecule has 4 nitrogen and oxygen atoms in total. The minimum absolute atomic E-state index is 0.00420. The number of carbonyl (C=O) groups is 1. The number of hydrogen-bond acceptors (Lipinski definition) is 2. The third-order valence-electron chi connectivity index (χ3n) is 2.73. The third-order valence-corrected chi connectivity index (χ3v) is 3.02. The van der Waals surface area contributed by atoms with E-state index in [0.717, 1.165) is 0 Å². The zero-order chi connectivity index (χ0) is 15.2. The van der Waals surface area contributed by atoms with E-state index in [4.69, 9.17) is 16.9 Å². The number of nitrogens with zero attached hydrogens (tertiary/aromatic N) is 1. The molecule has 0 fully saturated rings. The fourth-order valence-electron chi connectivity index (χ4n) is 1.69. The van der Waals surface area contributed by atoms with E-state index >= 15 is 0 Å². The van der Waals surface area contributed by atoms with Crippen LogP contribution in [0.3, 0.4) is 0 Å². The Hall–Kier alpha value is -2.58. The van der Waals surface area contributed by atoms with Crippen molar-refractivity contribution in [3.8, 4) is 6.07 Å². The average Bonchev–Trinajstić information content (AvgIpc) is 2.49. The van der Waals surface area contributed by atoms with Crippen LogP contribution in [-0.4, -0.2) is 6.03 Å². The van der Waals surface area contributed by atoms with Crippen molar-refractivity contribution in [1.82, 2.24) is 5.32 Å². The Kier molecular flexibility index (Phi) is 4.75. The fraction of sp³-hybridized carbons (Fsp3) is 0.0667. The molecule has 0 atom stereocenters. The SMILES string of the molecule is N#Cc1ccccc1NC(=O)NCc1ccc(F)c(Cl)c1. The quantitative estimate of drug-likeness (QED) is 0.908. The van der Waals surface area contributed by atoms with Gasteiger partial charge in [0.25, 0.3) is 0 Å². The number of para-hydroxylation sites is 1. The van der Waals surface area contributed by atoms with Crippen LogP contribution in [0.1, 0.15) is 11.1 Å². The number of anilines is 1. The maximum atomic E-state index is 13.0. The van der Waals surface area contributed by atoms with Crippen LogP contribution in [0.25, 0.3) is 0 Å². The predicted octanol–water partition coefficient (Wildman–Crippen LogP) is 3.67. The first-order valence-electron chi connectivity index (χ1n) is 6.08. The van der Waals surface area contributed by atoms with E-state index in [2.05, 4.69) is 10.6 Å². The smallest absolute Gasteiger partial charge is 0.319 e. The van der Waals surface area contributed by atoms with Gasteiger partial charge in [-0.3, -0.25) is 0 Å². The van der Waals surface area contributed by atoms with Crippen LogP contribution in [0.4, 0.5) is 14.9 Å². The van der Waals surface area contributed by atoms with Gasteiger partial charge in [-0.15, -0.1) is 0 Å². The Labute approximate surface area is 126 Å². The molecule has 2 N–H and O–H groups in total. The van der Waals surface area contributed by atoms with Crippen molar-refractivity contribution < 1.29 is 9.18 Å². The Morgan fingerprint density at radius 2 is 2.05 bits per heavy atom. The molecule has 0 aliphatic rings. The van der Waals surface area contributed by atoms with Gasteiger partial charge < -0.3 is 10.6 Å². The average molecular weight is 304 g/mol. The van der Waals surface area contributed by atoms with Gasteiger partial charge in [-0.25, -0.2) is 9.18 Å². The highest BCUT2D eigenvalue weighted by Gasteiger charge is 2.06. The van der Waals surface area contributed by atoms with Gasteiger partial charge in [0.1, 0.15) is 11.9 Å². The van der Waals surface area contributed by atoms with Crippen LogP contribution >= 0.6 is 11.6 Å². The largest absolute Gasteiger partial charge is 0.334 e. The number of rotatable bonds is 3. The molecule has 0 unspecified atom stereocenters. The summed E-state index contributed by atoms with van der Waals surface area (Å²) in [4.78, 5) is 11.8. The summed E-state index contributed by atoms with van der Waals surface area (Å²) in [5.41, 5.74) is 1.47. The van der Waals surface area contributed by atoms with Gasteiger partial charge in [-0.1, -0.05) is 29.8 Å². The number of halogens is 2. The monoisotopic (exact) mass is 303 g/mol. The summed E-state index contributed by atoms with van der Waals surface area (Å²) in [6.45, 7) is 0.195. The summed E-state index contributed by atoms with van der Waals surface area (Å²) in [6, 6.07) is 12.4. The second kappa shape index (κ2) is 6.73. The predicted molar refractivity (Wildman–Crippen MR) is 78.4 cm³/mol. The molecule has 6 heteroatoms. The first-order chi connectivity index (χ1) is 10.1. The molecule has 0 aliphatic carbocycles. The molecule has 0 aliphatic heterocycles. The zero-order valence-electron chi connectivity index (χ0n) is 10.9. The summed E-state index contributed by atoms with van der Waals surface area (Å²) in [5, 5.41) is 14.1. The van der Waals surface area contributed by atoms with E-state index < -0.39 is 11.8 Å². The molecule has 0 saturated heterocycles. The molecular weight excluding hydrogens is 293 g/mol. The maximum absolute atomic E-state index is 13.0. The Bertz CT molecular complexity index is 712. The third kappa shape index (κ3) is 3.94. The van der Waals surface area contributed by atoms with Crippen LogP contribution in [-0.2, 0) is 6.54 Å². The standard InChI is InChI=1S/C15H11ClFN3O/c16-12-7-10(5-6-13(12)17)9-19-15(21)20-14-4-2-1-3-11(14)8-18/h1-7H,9H2,(H2,19,20,21). The molecule has 2 rings (SSSR count). The van der Waals surface area contributed by atoms with E-state index in [9.17, 15) is 9.18 Å². The van der Waals surface area contributed by atoms with Crippen LogP contribution in [0.5, 0.6) is 0 Å². The summed E-state index contributed by atoms with van der Waals surface area (Å²) in [5.74, 6) is -0.507. The van der Waals surface area contributed by atoms with Gasteiger partial charge in [-0.2, -0.15) is 5.26 Å². The zero-order valence-corrected chi connectivity index (χ0v) is 11.6. The molecule has 0 spiro atoms. The highest BCUT2D eigenvalue weighted by Crippen LogP contribution is 2.16. The minimum atomic E-state index is -0.507. The molecule has 0 saturated carbocycles. The lowest BCUT2D eigenvalue weighted by molar-refractivity contribution is 0.251. The van der Waals surface area contributed by atoms with Crippen molar-refractivity contribution in [1.29, 1.82) is 5.26 Å². The molecule has 2 amide bonds. The summed E-state index contributed by atoms with van der Waals surface area (Å²) in [6.07, 6.45) is 0. The van der Waals surface area contributed by atoms with Crippen molar-refractivity contribution in [3.05, 3.63) is 64.4 Å². The molecule has 2 aromatic carbocycles. The molecule has 2 aromatic rings. The lowest BCUT2D eigenvalue weighted by Gasteiger charge is -2.09. The summed E-state index contributed by atoms with van der Waals surface area (Å²) >= 11 is 5.66. The van der Waals surface area contributed by atoms with Gasteiger partial charge in [0, 0.05) is 6.54 Å². The Balaban J connectivity index is 1.96. The van der Waals surface area contributed by atoms with Gasteiger partial charge in [0.15, 0.2) is 0 Å². The van der Waals surface area contributed by atoms with Gasteiger partial charge in [-0.05, 0) is 29.8 Å². The van der Waals surface area contributed by atoms with E-state index in [1.165, 1.54) is 18.2 Å². The molecule has 21 heavy (non-hydrogen) atoms. The van der Waals surface area contributed by atoms with Crippen molar-refractivity contribution in [3.63, 3.8) is 0 Å². The molecule has 0 heterocycles. The molecule has 0 radical (unpaired) electrons. The molecule has 0 bridgehead atoms. The van der Waals surface area contributed by atoms with Gasteiger partial charge >= 0.3 is 6.03 Å². The number of amides is 2. The number of nitrogens with one attached hydrogen (secondary N) is 2. The van der Waals surface area contributed by atoms with Crippen LogP contribution in [0.2, 0.25) is 5.02 Å². The number of nitriles is 1. The lowest BCUT2D eigenvalue weighted by atomic mass is 10.2. The Morgan fingerprint density at radius 3 is 2.76 bits per heavy atom. The first-order valence-corrected chi connectivity index (χ1v) is 6.46. The maximum Gasteiger partial charge on any atom is 0.319 e. The van der Waals surface area contributed by atoms with Crippen molar-refractivity contribution >= 4 is 23.3 Å². The van der Waals surface area contributed by atoms with Crippen molar-refractivity contribution in [2.75, 3.05) is 5.32 Å². The fourth-order valence-corrected chi connectivity index (χ4v) is 1.89. The number of urea groups is 1. The lowest BCUT2D eigenvalue weighted by Crippen LogP contribution is -2.28. The second-order valence-electron chi connectivity index (χ2n) is 4.21. The van der Waals surface area contributed by atoms with E-state index in [1.54, 1.807) is 24.3 Å². The topological polar surface area (TPSA) is 64.9 Å². The van der Waals surface area contributed by atoms with E-state index in [-0.39, 0.29) is 11.6 Å². The highest BCUT2D eigenvalue weighted by molar-refractivity contribution is 6.30. The number of carbonyl (C=O) groups excluding carboxylic acids is 1. The van der Waals surface area contributed by atoms with Crippen LogP contribution < -0.4 is 10.6 Å². The summed E-state index contributed by atoms with van der Waals surface area (Å²) < 4.78 is 13.0. The van der Waals surface area contributed by atoms with E-state index in [0.29, 0.717) is 16.8 Å². The van der Waals surface area contributed by atoms with Crippen LogP contribution in [0, 0.1) is 17.1 Å². The second-order valence-corrected chi connectivity index (χ2v) is 4.62. The Morgan fingerprint density at radius 1 is 1.29 bits per heavy atom.